The fourth-order valence-corrected chi connectivity index (χ4v) is 3.59. The first kappa shape index (κ1) is 17.4. The molecule has 0 aliphatic carbocycles. The maximum absolute atomic E-state index is 5.34. The molecular formula is C21H19N7O. The number of methoxy groups -OCH3 is 1. The van der Waals surface area contributed by atoms with Crippen LogP contribution >= 0.6 is 0 Å². The number of imidazole rings is 1. The van der Waals surface area contributed by atoms with Crippen molar-refractivity contribution < 1.29 is 4.74 Å². The molecule has 0 fully saturated rings. The number of aromatic nitrogens is 7. The molecule has 0 amide bonds. The lowest BCUT2D eigenvalue weighted by Gasteiger charge is -2.10. The largest absolute Gasteiger partial charge is 0.378 e. The van der Waals surface area contributed by atoms with Gasteiger partial charge in [0.1, 0.15) is 23.4 Å². The molecule has 29 heavy (non-hydrogen) atoms. The van der Waals surface area contributed by atoms with E-state index in [1.54, 1.807) is 18.0 Å². The Morgan fingerprint density at radius 1 is 1.14 bits per heavy atom. The Labute approximate surface area is 167 Å². The Morgan fingerprint density at radius 3 is 2.83 bits per heavy atom. The van der Waals surface area contributed by atoms with Crippen molar-refractivity contribution >= 4 is 0 Å². The molecule has 1 aliphatic rings. The Balaban J connectivity index is 1.71. The number of hydrogen-bond acceptors (Lipinski definition) is 5. The number of benzene rings is 1. The molecule has 0 radical (unpaired) electrons. The van der Waals surface area contributed by atoms with Crippen molar-refractivity contribution in [2.75, 3.05) is 7.11 Å². The normalized spacial score (nSPS) is 11.8. The molecule has 8 nitrogen and oxygen atoms in total. The summed E-state index contributed by atoms with van der Waals surface area (Å²) >= 11 is 0. The van der Waals surface area contributed by atoms with Crippen LogP contribution < -0.4 is 0 Å². The van der Waals surface area contributed by atoms with E-state index in [9.17, 15) is 0 Å². The van der Waals surface area contributed by atoms with E-state index in [2.05, 4.69) is 61.9 Å². The predicted octanol–water partition coefficient (Wildman–Crippen LogP) is 1.95. The summed E-state index contributed by atoms with van der Waals surface area (Å²) in [5.74, 6) is 6.38. The van der Waals surface area contributed by atoms with Crippen molar-refractivity contribution in [3.8, 4) is 23.2 Å². The minimum absolute atomic E-state index is 0.403. The standard InChI is InChI=1S/C21H19N7O/c1-14-4-7-18-21(10-14)28-20(17(12-29-3)24-25-28)11-19-16(22-13-27(18)19)6-5-15-8-9-23-26(15)2/h4,7-10,13H,11-12H2,1-3H3. The molecule has 0 unspecified atom stereocenters. The zero-order valence-electron chi connectivity index (χ0n) is 16.4. The Bertz CT molecular complexity index is 1280. The smallest absolute Gasteiger partial charge is 0.135 e. The molecule has 0 bridgehead atoms. The Hall–Kier alpha value is -3.70. The topological polar surface area (TPSA) is 75.6 Å². The van der Waals surface area contributed by atoms with E-state index in [1.807, 2.05) is 24.1 Å². The minimum Gasteiger partial charge on any atom is -0.378 e. The average molecular weight is 385 g/mol. The second-order valence-corrected chi connectivity index (χ2v) is 7.00. The molecule has 5 rings (SSSR count). The number of rotatable bonds is 2. The van der Waals surface area contributed by atoms with Gasteiger partial charge < -0.3 is 4.74 Å². The highest BCUT2D eigenvalue weighted by Crippen LogP contribution is 2.30. The molecule has 0 saturated heterocycles. The second kappa shape index (κ2) is 6.72. The van der Waals surface area contributed by atoms with Gasteiger partial charge >= 0.3 is 0 Å². The monoisotopic (exact) mass is 385 g/mol. The maximum atomic E-state index is 5.34. The van der Waals surface area contributed by atoms with Crippen LogP contribution in [0.4, 0.5) is 0 Å². The zero-order chi connectivity index (χ0) is 20.0. The minimum atomic E-state index is 0.403. The van der Waals surface area contributed by atoms with Crippen molar-refractivity contribution in [1.82, 2.24) is 34.3 Å². The highest BCUT2D eigenvalue weighted by atomic mass is 16.5. The van der Waals surface area contributed by atoms with Gasteiger partial charge in [0.05, 0.1) is 35.6 Å². The van der Waals surface area contributed by atoms with Crippen molar-refractivity contribution in [1.29, 1.82) is 0 Å². The van der Waals surface area contributed by atoms with Crippen molar-refractivity contribution in [2.24, 2.45) is 7.05 Å². The zero-order valence-corrected chi connectivity index (χ0v) is 16.4. The summed E-state index contributed by atoms with van der Waals surface area (Å²) in [6.07, 6.45) is 4.17. The molecule has 4 heterocycles. The summed E-state index contributed by atoms with van der Waals surface area (Å²) in [4.78, 5) is 4.60. The van der Waals surface area contributed by atoms with Crippen molar-refractivity contribution in [3.63, 3.8) is 0 Å². The third-order valence-electron chi connectivity index (χ3n) is 5.07. The molecular weight excluding hydrogens is 366 g/mol. The van der Waals surface area contributed by atoms with Crippen LogP contribution in [0.25, 0.3) is 11.4 Å². The molecule has 144 valence electrons. The number of aryl methyl sites for hydroxylation is 2. The summed E-state index contributed by atoms with van der Waals surface area (Å²) in [6.45, 7) is 2.47. The first-order valence-electron chi connectivity index (χ1n) is 9.25. The molecule has 0 saturated carbocycles. The van der Waals surface area contributed by atoms with Crippen LogP contribution in [-0.4, -0.2) is 41.4 Å². The van der Waals surface area contributed by atoms with E-state index in [1.165, 1.54) is 0 Å². The van der Waals surface area contributed by atoms with E-state index >= 15 is 0 Å². The first-order chi connectivity index (χ1) is 14.2. The Kier molecular flexibility index (Phi) is 4.03. The SMILES string of the molecule is COCc1nnn2c1Cc1c(C#Cc3ccnn3C)ncn1-c1ccc(C)cc1-2. The van der Waals surface area contributed by atoms with Crippen LogP contribution in [0.3, 0.4) is 0 Å². The van der Waals surface area contributed by atoms with Gasteiger partial charge in [0.15, 0.2) is 0 Å². The average Bonchev–Trinajstić information content (AvgIpc) is 3.39. The van der Waals surface area contributed by atoms with E-state index in [0.717, 1.165) is 45.4 Å². The van der Waals surface area contributed by atoms with Gasteiger partial charge in [0.25, 0.3) is 0 Å². The van der Waals surface area contributed by atoms with Crippen molar-refractivity contribution in [2.45, 2.75) is 20.0 Å². The molecule has 4 aromatic rings. The van der Waals surface area contributed by atoms with Crippen LogP contribution in [0.5, 0.6) is 0 Å². The summed E-state index contributed by atoms with van der Waals surface area (Å²) < 4.78 is 11.1. The van der Waals surface area contributed by atoms with E-state index in [4.69, 9.17) is 4.74 Å². The van der Waals surface area contributed by atoms with Crippen LogP contribution in [0, 0.1) is 18.8 Å². The second-order valence-electron chi connectivity index (χ2n) is 7.00. The number of hydrogen-bond donors (Lipinski definition) is 0. The molecule has 1 aromatic carbocycles. The van der Waals surface area contributed by atoms with Gasteiger partial charge in [0.2, 0.25) is 0 Å². The van der Waals surface area contributed by atoms with E-state index in [-0.39, 0.29) is 0 Å². The number of ether oxygens (including phenoxy) is 1. The van der Waals surface area contributed by atoms with Gasteiger partial charge in [-0.25, -0.2) is 9.67 Å². The summed E-state index contributed by atoms with van der Waals surface area (Å²) in [5, 5.41) is 12.9. The maximum Gasteiger partial charge on any atom is 0.135 e. The quantitative estimate of drug-likeness (QED) is 0.434. The third-order valence-corrected chi connectivity index (χ3v) is 5.07. The van der Waals surface area contributed by atoms with Gasteiger partial charge in [-0.05, 0) is 42.5 Å². The lowest BCUT2D eigenvalue weighted by molar-refractivity contribution is 0.180. The van der Waals surface area contributed by atoms with Crippen LogP contribution in [0.1, 0.15) is 34.0 Å². The van der Waals surface area contributed by atoms with Gasteiger partial charge in [-0.2, -0.15) is 5.10 Å². The van der Waals surface area contributed by atoms with Gasteiger partial charge in [-0.1, -0.05) is 11.3 Å². The highest BCUT2D eigenvalue weighted by Gasteiger charge is 2.25. The van der Waals surface area contributed by atoms with Crippen molar-refractivity contribution in [3.05, 3.63) is 70.8 Å². The van der Waals surface area contributed by atoms with E-state index in [0.29, 0.717) is 13.0 Å². The third kappa shape index (κ3) is 2.83. The summed E-state index contributed by atoms with van der Waals surface area (Å²) in [5.41, 5.74) is 7.50. The van der Waals surface area contributed by atoms with Gasteiger partial charge in [-0.15, -0.1) is 5.10 Å². The fraction of sp³-hybridized carbons (Fsp3) is 0.238. The van der Waals surface area contributed by atoms with Crippen LogP contribution in [0.15, 0.2) is 36.8 Å². The summed E-state index contributed by atoms with van der Waals surface area (Å²) in [7, 11) is 3.53. The highest BCUT2D eigenvalue weighted by molar-refractivity contribution is 5.58. The molecule has 0 spiro atoms. The Morgan fingerprint density at radius 2 is 2.03 bits per heavy atom. The predicted molar refractivity (Wildman–Crippen MR) is 106 cm³/mol. The molecule has 8 heteroatoms. The first-order valence-corrected chi connectivity index (χ1v) is 9.25. The molecule has 0 atom stereocenters. The number of nitrogens with zero attached hydrogens (tertiary/aromatic N) is 7. The molecule has 1 aliphatic heterocycles. The van der Waals surface area contributed by atoms with E-state index < -0.39 is 0 Å². The lowest BCUT2D eigenvalue weighted by Crippen LogP contribution is -2.04. The summed E-state index contributed by atoms with van der Waals surface area (Å²) in [6, 6.07) is 8.16. The lowest BCUT2D eigenvalue weighted by atomic mass is 10.1. The fourth-order valence-electron chi connectivity index (χ4n) is 3.59. The number of fused-ring (bicyclic) bond motifs is 5. The molecule has 3 aromatic heterocycles. The van der Waals surface area contributed by atoms with Crippen LogP contribution in [0.2, 0.25) is 0 Å². The van der Waals surface area contributed by atoms with Crippen LogP contribution in [-0.2, 0) is 24.8 Å². The van der Waals surface area contributed by atoms with Gasteiger partial charge in [-0.3, -0.25) is 9.25 Å². The van der Waals surface area contributed by atoms with Gasteiger partial charge in [0, 0.05) is 20.6 Å². The molecule has 0 N–H and O–H groups in total.